The highest BCUT2D eigenvalue weighted by Gasteiger charge is 2.24. The molecule has 9 heteroatoms. The number of anilines is 1. The predicted molar refractivity (Wildman–Crippen MR) is 98.4 cm³/mol. The number of hydrogen-bond acceptors (Lipinski definition) is 6. The number of nitrogens with one attached hydrogen (secondary N) is 1. The Morgan fingerprint density at radius 3 is 2.96 bits per heavy atom. The van der Waals surface area contributed by atoms with Gasteiger partial charge in [-0.05, 0) is 37.8 Å². The minimum Gasteiger partial charge on any atom is -0.479 e. The van der Waals surface area contributed by atoms with E-state index < -0.39 is 0 Å². The molecule has 4 rings (SSSR count). The van der Waals surface area contributed by atoms with Gasteiger partial charge in [0.2, 0.25) is 5.88 Å². The van der Waals surface area contributed by atoms with Crippen LogP contribution in [0.1, 0.15) is 30.1 Å². The van der Waals surface area contributed by atoms with E-state index in [1.165, 1.54) is 20.0 Å². The molecule has 27 heavy (non-hydrogen) atoms. The van der Waals surface area contributed by atoms with Crippen molar-refractivity contribution < 1.29 is 9.53 Å². The Morgan fingerprint density at radius 2 is 2.22 bits per heavy atom. The Hall–Kier alpha value is -3.23. The zero-order valence-electron chi connectivity index (χ0n) is 15.3. The number of carbonyl (C=O) groups is 1. The number of pyridine rings is 1. The number of nitrogens with zero attached hydrogens (tertiary/aromatic N) is 6. The maximum atomic E-state index is 12.7. The highest BCUT2D eigenvalue weighted by atomic mass is 16.5. The highest BCUT2D eigenvalue weighted by Crippen LogP contribution is 2.31. The molecule has 0 unspecified atom stereocenters. The molecule has 140 valence electrons. The third-order valence-electron chi connectivity index (χ3n) is 4.48. The van der Waals surface area contributed by atoms with E-state index >= 15 is 0 Å². The Balaban J connectivity index is 1.54. The maximum Gasteiger partial charge on any atom is 0.263 e. The summed E-state index contributed by atoms with van der Waals surface area (Å²) in [7, 11) is 1.51. The highest BCUT2D eigenvalue weighted by molar-refractivity contribution is 6.05. The number of rotatable bonds is 7. The second kappa shape index (κ2) is 7.18. The molecule has 1 fully saturated rings. The second-order valence-electron chi connectivity index (χ2n) is 6.52. The van der Waals surface area contributed by atoms with Crippen LogP contribution in [-0.4, -0.2) is 42.5 Å². The monoisotopic (exact) mass is 367 g/mol. The van der Waals surface area contributed by atoms with Crippen molar-refractivity contribution in [2.45, 2.75) is 32.9 Å². The number of methoxy groups -OCH3 is 1. The molecule has 1 amide bonds. The van der Waals surface area contributed by atoms with Crippen LogP contribution in [-0.2, 0) is 13.1 Å². The van der Waals surface area contributed by atoms with Gasteiger partial charge in [0.25, 0.3) is 5.91 Å². The van der Waals surface area contributed by atoms with Gasteiger partial charge in [0.05, 0.1) is 7.11 Å². The number of amides is 1. The summed E-state index contributed by atoms with van der Waals surface area (Å²) in [5.41, 5.74) is 1.03. The normalized spacial score (nSPS) is 13.6. The zero-order valence-corrected chi connectivity index (χ0v) is 15.3. The van der Waals surface area contributed by atoms with Crippen molar-refractivity contribution in [1.82, 2.24) is 29.5 Å². The minimum absolute atomic E-state index is 0.310. The topological polar surface area (TPSA) is 99.8 Å². The lowest BCUT2D eigenvalue weighted by Gasteiger charge is -2.07. The molecule has 1 aliphatic rings. The molecule has 0 atom stereocenters. The fourth-order valence-electron chi connectivity index (χ4n) is 2.87. The molecule has 3 heterocycles. The number of hydrogen-bond donors (Lipinski definition) is 1. The first kappa shape index (κ1) is 17.2. The van der Waals surface area contributed by atoms with Gasteiger partial charge in [0.1, 0.15) is 23.4 Å². The van der Waals surface area contributed by atoms with Gasteiger partial charge in [0, 0.05) is 19.3 Å². The van der Waals surface area contributed by atoms with Gasteiger partial charge >= 0.3 is 0 Å². The summed E-state index contributed by atoms with van der Waals surface area (Å²) >= 11 is 0. The smallest absolute Gasteiger partial charge is 0.263 e. The van der Waals surface area contributed by atoms with Gasteiger partial charge in [-0.25, -0.2) is 4.98 Å². The van der Waals surface area contributed by atoms with Crippen LogP contribution >= 0.6 is 0 Å². The van der Waals surface area contributed by atoms with Crippen molar-refractivity contribution in [1.29, 1.82) is 0 Å². The fourth-order valence-corrected chi connectivity index (χ4v) is 2.87. The van der Waals surface area contributed by atoms with Crippen molar-refractivity contribution in [3.05, 3.63) is 36.3 Å². The molecule has 0 bridgehead atoms. The average molecular weight is 367 g/mol. The lowest BCUT2D eigenvalue weighted by molar-refractivity contribution is 0.102. The molecule has 0 radical (unpaired) electrons. The SMILES string of the molecule is CCn1cnnc1-c1cccc(NC(=O)c2cn(CC3CC3)nc2OC)n1. The molecule has 1 saturated carbocycles. The third kappa shape index (κ3) is 3.67. The number of ether oxygens (including phenoxy) is 1. The Kier molecular flexibility index (Phi) is 4.57. The van der Waals surface area contributed by atoms with E-state index in [2.05, 4.69) is 25.6 Å². The Morgan fingerprint density at radius 1 is 1.37 bits per heavy atom. The van der Waals surface area contributed by atoms with E-state index in [1.807, 2.05) is 23.6 Å². The molecular formula is C18H21N7O2. The standard InChI is InChI=1S/C18H21N7O2/c1-3-24-11-19-22-16(24)14-5-4-6-15(20-14)21-17(26)13-10-25(9-12-7-8-12)23-18(13)27-2/h4-6,10-12H,3,7-9H2,1-2H3,(H,20,21,26). The van der Waals surface area contributed by atoms with E-state index in [9.17, 15) is 4.79 Å². The van der Waals surface area contributed by atoms with E-state index in [0.29, 0.717) is 34.7 Å². The first-order valence-corrected chi connectivity index (χ1v) is 8.96. The summed E-state index contributed by atoms with van der Waals surface area (Å²) in [6.07, 6.45) is 5.80. The number of aromatic nitrogens is 6. The maximum absolute atomic E-state index is 12.7. The second-order valence-corrected chi connectivity index (χ2v) is 6.52. The molecule has 0 aromatic carbocycles. The largest absolute Gasteiger partial charge is 0.479 e. The number of aryl methyl sites for hydroxylation is 1. The van der Waals surface area contributed by atoms with Crippen LogP contribution in [0.25, 0.3) is 11.5 Å². The summed E-state index contributed by atoms with van der Waals surface area (Å²) in [5.74, 6) is 1.74. The summed E-state index contributed by atoms with van der Waals surface area (Å²) in [4.78, 5) is 17.2. The molecule has 0 saturated heterocycles. The summed E-state index contributed by atoms with van der Waals surface area (Å²) in [6, 6.07) is 5.38. The van der Waals surface area contributed by atoms with E-state index in [-0.39, 0.29) is 5.91 Å². The predicted octanol–water partition coefficient (Wildman–Crippen LogP) is 2.23. The molecule has 3 aromatic heterocycles. The van der Waals surface area contributed by atoms with Crippen LogP contribution in [0.15, 0.2) is 30.7 Å². The van der Waals surface area contributed by atoms with Crippen molar-refractivity contribution in [3.63, 3.8) is 0 Å². The van der Waals surface area contributed by atoms with Crippen LogP contribution in [0.5, 0.6) is 5.88 Å². The quantitative estimate of drug-likeness (QED) is 0.687. The molecule has 0 aliphatic heterocycles. The molecule has 1 aliphatic carbocycles. The fraction of sp³-hybridized carbons (Fsp3) is 0.389. The summed E-state index contributed by atoms with van der Waals surface area (Å²) in [6.45, 7) is 3.55. The van der Waals surface area contributed by atoms with Crippen LogP contribution in [0.3, 0.4) is 0 Å². The first-order valence-electron chi connectivity index (χ1n) is 8.96. The van der Waals surface area contributed by atoms with Crippen LogP contribution in [0.2, 0.25) is 0 Å². The molecule has 9 nitrogen and oxygen atoms in total. The lowest BCUT2D eigenvalue weighted by atomic mass is 10.3. The van der Waals surface area contributed by atoms with E-state index in [1.54, 1.807) is 23.3 Å². The molecular weight excluding hydrogens is 346 g/mol. The van der Waals surface area contributed by atoms with Crippen LogP contribution in [0.4, 0.5) is 5.82 Å². The van der Waals surface area contributed by atoms with Crippen molar-refractivity contribution >= 4 is 11.7 Å². The minimum atomic E-state index is -0.310. The average Bonchev–Trinajstić information content (AvgIpc) is 3.20. The van der Waals surface area contributed by atoms with Gasteiger partial charge in [-0.2, -0.15) is 0 Å². The van der Waals surface area contributed by atoms with Crippen molar-refractivity contribution in [2.75, 3.05) is 12.4 Å². The van der Waals surface area contributed by atoms with E-state index in [0.717, 1.165) is 13.1 Å². The zero-order chi connectivity index (χ0) is 18.8. The van der Waals surface area contributed by atoms with Crippen LogP contribution in [0, 0.1) is 5.92 Å². The Labute approximate surface area is 156 Å². The van der Waals surface area contributed by atoms with Crippen LogP contribution < -0.4 is 10.1 Å². The first-order chi connectivity index (χ1) is 13.2. The van der Waals surface area contributed by atoms with Crippen molar-refractivity contribution in [2.24, 2.45) is 5.92 Å². The van der Waals surface area contributed by atoms with Gasteiger partial charge in [-0.15, -0.1) is 15.3 Å². The van der Waals surface area contributed by atoms with Gasteiger partial charge in [0.15, 0.2) is 5.82 Å². The number of carbonyl (C=O) groups excluding carboxylic acids is 1. The van der Waals surface area contributed by atoms with Gasteiger partial charge < -0.3 is 14.6 Å². The lowest BCUT2D eigenvalue weighted by Crippen LogP contribution is -2.13. The van der Waals surface area contributed by atoms with Crippen molar-refractivity contribution in [3.8, 4) is 17.4 Å². The Bertz CT molecular complexity index is 958. The van der Waals surface area contributed by atoms with Gasteiger partial charge in [-0.3, -0.25) is 9.48 Å². The van der Waals surface area contributed by atoms with Gasteiger partial charge in [-0.1, -0.05) is 6.07 Å². The molecule has 1 N–H and O–H groups in total. The van der Waals surface area contributed by atoms with E-state index in [4.69, 9.17) is 4.74 Å². The summed E-state index contributed by atoms with van der Waals surface area (Å²) in [5, 5.41) is 15.2. The summed E-state index contributed by atoms with van der Waals surface area (Å²) < 4.78 is 8.93. The molecule has 3 aromatic rings. The third-order valence-corrected chi connectivity index (χ3v) is 4.48. The molecule has 0 spiro atoms.